The number of carbonyl (C=O) groups excluding carboxylic acids is 1. The average molecular weight is 448 g/mol. The van der Waals surface area contributed by atoms with Crippen molar-refractivity contribution in [2.24, 2.45) is 0 Å². The van der Waals surface area contributed by atoms with Gasteiger partial charge in [0.25, 0.3) is 5.91 Å². The van der Waals surface area contributed by atoms with Gasteiger partial charge >= 0.3 is 0 Å². The van der Waals surface area contributed by atoms with Crippen LogP contribution in [0.2, 0.25) is 0 Å². The minimum atomic E-state index is -0.617. The van der Waals surface area contributed by atoms with Gasteiger partial charge in [-0.2, -0.15) is 0 Å². The highest BCUT2D eigenvalue weighted by Gasteiger charge is 2.18. The van der Waals surface area contributed by atoms with E-state index in [9.17, 15) is 4.79 Å². The van der Waals surface area contributed by atoms with Crippen LogP contribution in [-0.2, 0) is 9.53 Å². The summed E-state index contributed by atoms with van der Waals surface area (Å²) < 4.78 is 18.2. The van der Waals surface area contributed by atoms with Gasteiger partial charge in [0.05, 0.1) is 6.10 Å². The highest BCUT2D eigenvalue weighted by atomic mass is 79.9. The molecule has 1 saturated heterocycles. The van der Waals surface area contributed by atoms with E-state index in [1.165, 1.54) is 0 Å². The zero-order valence-corrected chi connectivity index (χ0v) is 18.0. The Bertz CT molecular complexity index is 793. The maximum Gasteiger partial charge on any atom is 0.265 e. The first-order chi connectivity index (χ1) is 13.4. The Balaban J connectivity index is 1.53. The molecule has 0 aliphatic carbocycles. The zero-order chi connectivity index (χ0) is 20.1. The van der Waals surface area contributed by atoms with Gasteiger partial charge in [-0.05, 0) is 81.1 Å². The maximum absolute atomic E-state index is 12.5. The highest BCUT2D eigenvalue weighted by Crippen LogP contribution is 2.28. The number of benzene rings is 2. The van der Waals surface area contributed by atoms with E-state index in [-0.39, 0.29) is 12.0 Å². The summed E-state index contributed by atoms with van der Waals surface area (Å²) in [6, 6.07) is 11.3. The molecule has 0 spiro atoms. The molecule has 2 aromatic rings. The topological polar surface area (TPSA) is 56.8 Å². The third-order valence-corrected chi connectivity index (χ3v) is 5.13. The fourth-order valence-corrected chi connectivity index (χ4v) is 3.84. The molecule has 2 atom stereocenters. The van der Waals surface area contributed by atoms with Crippen molar-refractivity contribution in [2.45, 2.75) is 45.8 Å². The van der Waals surface area contributed by atoms with E-state index in [4.69, 9.17) is 14.2 Å². The van der Waals surface area contributed by atoms with Crippen LogP contribution < -0.4 is 14.8 Å². The van der Waals surface area contributed by atoms with Crippen LogP contribution in [-0.4, -0.2) is 31.3 Å². The molecule has 2 unspecified atom stereocenters. The van der Waals surface area contributed by atoms with Gasteiger partial charge < -0.3 is 19.5 Å². The number of aryl methyl sites for hydroxylation is 2. The summed E-state index contributed by atoms with van der Waals surface area (Å²) >= 11 is 3.47. The molecular formula is C22H26BrNO4. The Hall–Kier alpha value is -2.05. The normalized spacial score (nSPS) is 17.2. The van der Waals surface area contributed by atoms with Gasteiger partial charge in [-0.25, -0.2) is 0 Å². The fourth-order valence-electron chi connectivity index (χ4n) is 3.16. The van der Waals surface area contributed by atoms with Crippen molar-refractivity contribution in [1.29, 1.82) is 0 Å². The number of ether oxygens (including phenoxy) is 3. The van der Waals surface area contributed by atoms with E-state index in [1.807, 2.05) is 50.2 Å². The fraction of sp³-hybridized carbons (Fsp3) is 0.409. The summed E-state index contributed by atoms with van der Waals surface area (Å²) in [5.74, 6) is 1.30. The largest absolute Gasteiger partial charge is 0.491 e. The van der Waals surface area contributed by atoms with Crippen LogP contribution in [0.25, 0.3) is 0 Å². The summed E-state index contributed by atoms with van der Waals surface area (Å²) in [5, 5.41) is 2.88. The summed E-state index contributed by atoms with van der Waals surface area (Å²) in [6.45, 7) is 7.05. The van der Waals surface area contributed by atoms with Gasteiger partial charge in [0.2, 0.25) is 0 Å². The summed E-state index contributed by atoms with van der Waals surface area (Å²) in [7, 11) is 0. The molecule has 28 heavy (non-hydrogen) atoms. The lowest BCUT2D eigenvalue weighted by Crippen LogP contribution is -2.30. The number of anilines is 1. The Kier molecular flexibility index (Phi) is 6.97. The van der Waals surface area contributed by atoms with Crippen LogP contribution in [0.5, 0.6) is 11.5 Å². The molecule has 1 aliphatic rings. The minimum absolute atomic E-state index is 0.183. The smallest absolute Gasteiger partial charge is 0.265 e. The molecule has 1 amide bonds. The first kappa shape index (κ1) is 20.7. The zero-order valence-electron chi connectivity index (χ0n) is 16.5. The number of carbonyl (C=O) groups is 1. The Labute approximate surface area is 174 Å². The van der Waals surface area contributed by atoms with Crippen molar-refractivity contribution in [2.75, 3.05) is 18.5 Å². The van der Waals surface area contributed by atoms with Gasteiger partial charge in [-0.1, -0.05) is 15.9 Å². The first-order valence-electron chi connectivity index (χ1n) is 9.51. The summed E-state index contributed by atoms with van der Waals surface area (Å²) in [4.78, 5) is 12.5. The minimum Gasteiger partial charge on any atom is -0.491 e. The predicted octanol–water partition coefficient (Wildman–Crippen LogP) is 5.03. The van der Waals surface area contributed by atoms with E-state index < -0.39 is 6.10 Å². The number of amides is 1. The van der Waals surface area contributed by atoms with Crippen molar-refractivity contribution < 1.29 is 19.0 Å². The van der Waals surface area contributed by atoms with E-state index in [0.717, 1.165) is 46.5 Å². The number of rotatable bonds is 7. The van der Waals surface area contributed by atoms with E-state index in [1.54, 1.807) is 6.92 Å². The van der Waals surface area contributed by atoms with Crippen LogP contribution in [0.15, 0.2) is 40.9 Å². The Morgan fingerprint density at radius 1 is 1.25 bits per heavy atom. The molecule has 150 valence electrons. The number of hydrogen-bond donors (Lipinski definition) is 1. The molecule has 5 nitrogen and oxygen atoms in total. The monoisotopic (exact) mass is 447 g/mol. The average Bonchev–Trinajstić information content (AvgIpc) is 3.17. The van der Waals surface area contributed by atoms with E-state index in [0.29, 0.717) is 12.3 Å². The van der Waals surface area contributed by atoms with Crippen molar-refractivity contribution in [3.63, 3.8) is 0 Å². The molecule has 1 N–H and O–H groups in total. The first-order valence-corrected chi connectivity index (χ1v) is 10.3. The number of nitrogens with one attached hydrogen (secondary N) is 1. The summed E-state index contributed by atoms with van der Waals surface area (Å²) in [5.41, 5.74) is 2.67. The van der Waals surface area contributed by atoms with E-state index >= 15 is 0 Å². The van der Waals surface area contributed by atoms with Crippen LogP contribution in [0.1, 0.15) is 30.9 Å². The second-order valence-corrected chi connectivity index (χ2v) is 8.00. The molecule has 0 saturated carbocycles. The number of hydrogen-bond acceptors (Lipinski definition) is 4. The van der Waals surface area contributed by atoms with Crippen LogP contribution in [0, 0.1) is 13.8 Å². The molecule has 1 fully saturated rings. The lowest BCUT2D eigenvalue weighted by molar-refractivity contribution is -0.122. The van der Waals surface area contributed by atoms with E-state index in [2.05, 4.69) is 21.2 Å². The molecular weight excluding hydrogens is 422 g/mol. The third kappa shape index (κ3) is 5.49. The molecule has 1 aliphatic heterocycles. The molecule has 3 rings (SSSR count). The molecule has 0 radical (unpaired) electrons. The van der Waals surface area contributed by atoms with Gasteiger partial charge in [-0.3, -0.25) is 4.79 Å². The quantitative estimate of drug-likeness (QED) is 0.646. The SMILES string of the molecule is Cc1cc(Br)cc(C)c1OC(C)C(=O)Nc1ccc(OCC2CCCO2)cc1. The predicted molar refractivity (Wildman–Crippen MR) is 113 cm³/mol. The lowest BCUT2D eigenvalue weighted by Gasteiger charge is -2.18. The number of halogens is 1. The van der Waals surface area contributed by atoms with Crippen LogP contribution in [0.3, 0.4) is 0 Å². The second-order valence-electron chi connectivity index (χ2n) is 7.09. The second kappa shape index (κ2) is 9.43. The van der Waals surface area contributed by atoms with Crippen molar-refractivity contribution in [3.05, 3.63) is 52.0 Å². The molecule has 2 aromatic carbocycles. The molecule has 6 heteroatoms. The van der Waals surface area contributed by atoms with Gasteiger partial charge in [-0.15, -0.1) is 0 Å². The lowest BCUT2D eigenvalue weighted by atomic mass is 10.1. The highest BCUT2D eigenvalue weighted by molar-refractivity contribution is 9.10. The third-order valence-electron chi connectivity index (χ3n) is 4.67. The summed E-state index contributed by atoms with van der Waals surface area (Å²) in [6.07, 6.45) is 1.71. The van der Waals surface area contributed by atoms with Crippen molar-refractivity contribution in [3.8, 4) is 11.5 Å². The maximum atomic E-state index is 12.5. The van der Waals surface area contributed by atoms with Gasteiger partial charge in [0, 0.05) is 16.8 Å². The Morgan fingerprint density at radius 3 is 2.54 bits per heavy atom. The van der Waals surface area contributed by atoms with Gasteiger partial charge in [0.15, 0.2) is 6.10 Å². The molecule has 0 aromatic heterocycles. The van der Waals surface area contributed by atoms with Gasteiger partial charge in [0.1, 0.15) is 18.1 Å². The standard InChI is InChI=1S/C22H26BrNO4/c1-14-11-17(23)12-15(2)21(14)28-16(3)22(25)24-18-6-8-19(9-7-18)27-13-20-5-4-10-26-20/h6-9,11-12,16,20H,4-5,10,13H2,1-3H3,(H,24,25). The van der Waals surface area contributed by atoms with Crippen molar-refractivity contribution >= 4 is 27.5 Å². The van der Waals surface area contributed by atoms with Crippen molar-refractivity contribution in [1.82, 2.24) is 0 Å². The molecule has 1 heterocycles. The molecule has 0 bridgehead atoms. The van der Waals surface area contributed by atoms with Crippen LogP contribution in [0.4, 0.5) is 5.69 Å². The van der Waals surface area contributed by atoms with Crippen LogP contribution >= 0.6 is 15.9 Å². The Morgan fingerprint density at radius 2 is 1.93 bits per heavy atom.